The van der Waals surface area contributed by atoms with Crippen LogP contribution in [0.4, 0.5) is 17.6 Å². The summed E-state index contributed by atoms with van der Waals surface area (Å²) in [5, 5.41) is 17.8. The molecular weight excluding hydrogens is 514 g/mol. The molecule has 4 atom stereocenters. The van der Waals surface area contributed by atoms with Crippen molar-refractivity contribution in [2.45, 2.75) is 76.9 Å². The van der Waals surface area contributed by atoms with Gasteiger partial charge in [-0.2, -0.15) is 18.3 Å². The molecule has 11 heteroatoms. The van der Waals surface area contributed by atoms with Gasteiger partial charge in [0.05, 0.1) is 17.8 Å². The smallest absolute Gasteiger partial charge is 0.377 e. The van der Waals surface area contributed by atoms with Crippen LogP contribution in [0.1, 0.15) is 79.3 Å². The number of benzene rings is 1. The Kier molecular flexibility index (Phi) is 7.37. The van der Waals surface area contributed by atoms with E-state index in [1.807, 2.05) is 20.8 Å². The number of rotatable bonds is 9. The molecule has 1 aromatic heterocycles. The first-order chi connectivity index (χ1) is 18.1. The number of nitrogens with zero attached hydrogens (tertiary/aromatic N) is 3. The molecular formula is C28H33F4N5O2. The number of halogens is 4. The van der Waals surface area contributed by atoms with Gasteiger partial charge in [0.1, 0.15) is 12.0 Å². The van der Waals surface area contributed by atoms with Gasteiger partial charge in [-0.15, -0.1) is 0 Å². The number of aliphatic imine (C=N–C) groups is 1. The highest BCUT2D eigenvalue weighted by Gasteiger charge is 2.64. The van der Waals surface area contributed by atoms with E-state index in [1.165, 1.54) is 29.1 Å². The molecule has 0 radical (unpaired) electrons. The number of amides is 1. The molecule has 4 rings (SSSR count). The Morgan fingerprint density at radius 1 is 1.38 bits per heavy atom. The molecule has 3 unspecified atom stereocenters. The predicted molar refractivity (Wildman–Crippen MR) is 141 cm³/mol. The number of carbonyl (C=O) groups is 1. The van der Waals surface area contributed by atoms with Gasteiger partial charge in [-0.1, -0.05) is 39.5 Å². The quantitative estimate of drug-likeness (QED) is 0.236. The van der Waals surface area contributed by atoms with Gasteiger partial charge >= 0.3 is 6.18 Å². The van der Waals surface area contributed by atoms with Gasteiger partial charge in [0, 0.05) is 28.9 Å². The lowest BCUT2D eigenvalue weighted by Crippen LogP contribution is -2.42. The lowest BCUT2D eigenvalue weighted by molar-refractivity contribution is -0.142. The molecule has 0 spiro atoms. The van der Waals surface area contributed by atoms with Crippen molar-refractivity contribution < 1.29 is 27.5 Å². The second-order valence-electron chi connectivity index (χ2n) is 11.0. The molecule has 0 aliphatic heterocycles. The van der Waals surface area contributed by atoms with Gasteiger partial charge in [-0.3, -0.25) is 19.8 Å². The number of fused-ring (bicyclic) bond motifs is 5. The van der Waals surface area contributed by atoms with Crippen LogP contribution in [0.15, 0.2) is 41.5 Å². The first-order valence-corrected chi connectivity index (χ1v) is 12.7. The van der Waals surface area contributed by atoms with Crippen molar-refractivity contribution in [3.8, 4) is 0 Å². The first kappa shape index (κ1) is 28.7. The fraction of sp³-hybridized carbons (Fsp3) is 0.464. The summed E-state index contributed by atoms with van der Waals surface area (Å²) >= 11 is 0. The largest absolute Gasteiger partial charge is 0.435 e. The van der Waals surface area contributed by atoms with Crippen LogP contribution in [-0.4, -0.2) is 39.3 Å². The molecule has 2 aliphatic rings. The van der Waals surface area contributed by atoms with Gasteiger partial charge in [-0.05, 0) is 54.9 Å². The Balaban J connectivity index is 1.62. The number of nitrogens with two attached hydrogens (primary N) is 1. The Bertz CT molecular complexity index is 1360. The van der Waals surface area contributed by atoms with E-state index in [0.29, 0.717) is 23.4 Å². The summed E-state index contributed by atoms with van der Waals surface area (Å²) in [6, 6.07) is 3.23. The minimum Gasteiger partial charge on any atom is -0.377 e. The number of nitrogens with one attached hydrogen (secondary N) is 1. The number of carbonyl (C=O) groups excluding carboxylic acids is 1. The highest BCUT2D eigenvalue weighted by atomic mass is 19.4. The molecule has 39 heavy (non-hydrogen) atoms. The van der Waals surface area contributed by atoms with E-state index in [4.69, 9.17) is 5.73 Å². The Morgan fingerprint density at radius 3 is 2.69 bits per heavy atom. The van der Waals surface area contributed by atoms with E-state index in [0.717, 1.165) is 12.5 Å². The van der Waals surface area contributed by atoms with Gasteiger partial charge in [0.2, 0.25) is 0 Å². The molecule has 1 fully saturated rings. The standard InChI is InChI=1S/C28H33F4N5O2/c1-6-11-34-20(13-16-7-8-19(29)17(12-16)25(33)39)15(2)35-21(38)14-37-24-22(23(36-37)28(30,31)32)18-9-10-27(24,5)26(18,3)4/h6-8,11-13,15,18,21,35,38H,1,9-10,14H2,2-5H3,(H2,33,39)/b20-13+,34-11?/t15-,18?,21?,27?/m0/s1. The zero-order chi connectivity index (χ0) is 28.9. The highest BCUT2D eigenvalue weighted by Crippen LogP contribution is 2.69. The number of aliphatic hydroxyl groups is 1. The number of primary amides is 1. The molecule has 0 saturated heterocycles. The highest BCUT2D eigenvalue weighted by molar-refractivity contribution is 5.93. The van der Waals surface area contributed by atoms with Crippen LogP contribution in [0.25, 0.3) is 6.08 Å². The van der Waals surface area contributed by atoms with Crippen LogP contribution >= 0.6 is 0 Å². The maximum absolute atomic E-state index is 14.0. The van der Waals surface area contributed by atoms with Crippen LogP contribution in [-0.2, 0) is 18.1 Å². The monoisotopic (exact) mass is 547 g/mol. The van der Waals surface area contributed by atoms with Crippen LogP contribution < -0.4 is 11.1 Å². The van der Waals surface area contributed by atoms with Crippen molar-refractivity contribution >= 4 is 18.2 Å². The van der Waals surface area contributed by atoms with Gasteiger partial charge in [0.15, 0.2) is 5.69 Å². The van der Waals surface area contributed by atoms with E-state index < -0.39 is 41.3 Å². The maximum atomic E-state index is 14.0. The SMILES string of the molecule is C=CC=N/C(=C/c1ccc(F)c(C(N)=O)c1)[C@H](C)NC(O)Cn1nc(C(F)(F)F)c2c1C1(C)CCC2C1(C)C. The van der Waals surface area contributed by atoms with E-state index in [-0.39, 0.29) is 29.0 Å². The first-order valence-electron chi connectivity index (χ1n) is 12.7. The molecule has 1 saturated carbocycles. The fourth-order valence-corrected chi connectivity index (χ4v) is 6.15. The van der Waals surface area contributed by atoms with Crippen molar-refractivity contribution in [1.82, 2.24) is 15.1 Å². The summed E-state index contributed by atoms with van der Waals surface area (Å²) in [6.45, 7) is 11.1. The van der Waals surface area contributed by atoms with Crippen LogP contribution in [0, 0.1) is 11.2 Å². The summed E-state index contributed by atoms with van der Waals surface area (Å²) in [5.74, 6) is -1.93. The molecule has 210 valence electrons. The third kappa shape index (κ3) is 4.93. The van der Waals surface area contributed by atoms with Gasteiger partial charge in [-0.25, -0.2) is 4.39 Å². The molecule has 2 aliphatic carbocycles. The lowest BCUT2D eigenvalue weighted by Gasteiger charge is -2.36. The van der Waals surface area contributed by atoms with Crippen molar-refractivity contribution in [2.75, 3.05) is 0 Å². The number of hydrogen-bond acceptors (Lipinski definition) is 5. The Hall–Kier alpha value is -3.31. The maximum Gasteiger partial charge on any atom is 0.435 e. The average Bonchev–Trinajstić information content (AvgIpc) is 3.38. The van der Waals surface area contributed by atoms with Crippen molar-refractivity contribution in [3.63, 3.8) is 0 Å². The summed E-state index contributed by atoms with van der Waals surface area (Å²) in [5.41, 5.74) is 4.82. The Labute approximate surface area is 224 Å². The van der Waals surface area contributed by atoms with Crippen molar-refractivity contribution in [2.24, 2.45) is 16.1 Å². The van der Waals surface area contributed by atoms with E-state index in [1.54, 1.807) is 13.0 Å². The van der Waals surface area contributed by atoms with Crippen LogP contribution in [0.3, 0.4) is 0 Å². The minimum atomic E-state index is -4.61. The lowest BCUT2D eigenvalue weighted by atomic mass is 9.70. The average molecular weight is 548 g/mol. The normalized spacial score (nSPS) is 23.7. The van der Waals surface area contributed by atoms with E-state index >= 15 is 0 Å². The van der Waals surface area contributed by atoms with Crippen LogP contribution in [0.5, 0.6) is 0 Å². The third-order valence-corrected chi connectivity index (χ3v) is 8.49. The predicted octanol–water partition coefficient (Wildman–Crippen LogP) is 4.91. The summed E-state index contributed by atoms with van der Waals surface area (Å²) in [7, 11) is 0. The topological polar surface area (TPSA) is 106 Å². The number of aromatic nitrogens is 2. The van der Waals surface area contributed by atoms with Gasteiger partial charge in [0.25, 0.3) is 5.91 Å². The second kappa shape index (κ2) is 10.0. The Morgan fingerprint density at radius 2 is 2.08 bits per heavy atom. The fourth-order valence-electron chi connectivity index (χ4n) is 6.15. The second-order valence-corrected chi connectivity index (χ2v) is 11.0. The summed E-state index contributed by atoms with van der Waals surface area (Å²) < 4.78 is 57.2. The molecule has 2 bridgehead atoms. The molecule has 2 aromatic rings. The van der Waals surface area contributed by atoms with E-state index in [2.05, 4.69) is 22.0 Å². The van der Waals surface area contributed by atoms with Crippen molar-refractivity contribution in [1.29, 1.82) is 0 Å². The molecule has 7 nitrogen and oxygen atoms in total. The van der Waals surface area contributed by atoms with Crippen molar-refractivity contribution in [3.05, 3.63) is 70.4 Å². The molecule has 1 heterocycles. The number of aliphatic hydroxyl groups excluding tert-OH is 1. The molecule has 1 aromatic carbocycles. The number of hydrogen-bond donors (Lipinski definition) is 3. The third-order valence-electron chi connectivity index (χ3n) is 8.49. The minimum absolute atomic E-state index is 0.206. The van der Waals surface area contributed by atoms with Crippen LogP contribution in [0.2, 0.25) is 0 Å². The van der Waals surface area contributed by atoms with E-state index in [9.17, 15) is 27.5 Å². The number of alkyl halides is 3. The summed E-state index contributed by atoms with van der Waals surface area (Å²) in [4.78, 5) is 15.8. The number of allylic oxidation sites excluding steroid dienone is 1. The molecule has 1 amide bonds. The summed E-state index contributed by atoms with van der Waals surface area (Å²) in [6.07, 6.45) is -0.0240. The zero-order valence-electron chi connectivity index (χ0n) is 22.3. The van der Waals surface area contributed by atoms with Gasteiger partial charge < -0.3 is 10.8 Å². The molecule has 4 N–H and O–H groups in total. The zero-order valence-corrected chi connectivity index (χ0v) is 22.3.